The molecule has 240 valence electrons. The highest BCUT2D eigenvalue weighted by atomic mass is 19.1. The number of furan rings is 1. The molecule has 1 amide bonds. The average Bonchev–Trinajstić information content (AvgIpc) is 3.80. The van der Waals surface area contributed by atoms with Gasteiger partial charge in [0.1, 0.15) is 40.9 Å². The third kappa shape index (κ3) is 7.00. The van der Waals surface area contributed by atoms with E-state index in [1.807, 2.05) is 30.3 Å². The van der Waals surface area contributed by atoms with Crippen molar-refractivity contribution in [3.05, 3.63) is 137 Å². The number of nitroso groups, excluding NO2 is 1. The summed E-state index contributed by atoms with van der Waals surface area (Å²) in [5.41, 5.74) is 1.20. The molecule has 0 aliphatic heterocycles. The molecule has 12 nitrogen and oxygen atoms in total. The summed E-state index contributed by atoms with van der Waals surface area (Å²) in [5.74, 6) is 0.831. The van der Waals surface area contributed by atoms with Crippen LogP contribution in [0.3, 0.4) is 0 Å². The number of rotatable bonds is 10. The summed E-state index contributed by atoms with van der Waals surface area (Å²) in [6.45, 7) is 0. The molecule has 0 unspecified atom stereocenters. The van der Waals surface area contributed by atoms with Crippen molar-refractivity contribution < 1.29 is 27.9 Å². The van der Waals surface area contributed by atoms with Gasteiger partial charge >= 0.3 is 0 Å². The number of fused-ring (bicyclic) bond motifs is 1. The zero-order valence-electron chi connectivity index (χ0n) is 25.2. The molecular weight excluding hydrogens is 631 g/mol. The molecule has 49 heavy (non-hydrogen) atoms. The molecule has 0 aliphatic rings. The number of hydrogen-bond acceptors (Lipinski definition) is 11. The number of aromatic nitrogens is 3. The number of nitrogens with zero attached hydrogens (tertiary/aromatic N) is 4. The van der Waals surface area contributed by atoms with Gasteiger partial charge in [0.05, 0.1) is 11.2 Å². The summed E-state index contributed by atoms with van der Waals surface area (Å²) in [6.07, 6.45) is 4.24. The zero-order chi connectivity index (χ0) is 33.7. The Labute approximate surface area is 276 Å². The number of amides is 1. The largest absolute Gasteiger partial charge is 0.508 e. The van der Waals surface area contributed by atoms with E-state index in [-0.39, 0.29) is 46.1 Å². The van der Waals surface area contributed by atoms with E-state index in [4.69, 9.17) is 13.6 Å². The SMILES string of the molecule is O=Nc1ccc(/C=C/c2nc(Nc3ccc(O)cc3)c3cc(NC(=O)c4coc(-c5ccc(Oc6ccccc6)cc5)n4)c(F)cc3n2)o1. The molecule has 0 spiro atoms. The van der Waals surface area contributed by atoms with Gasteiger partial charge in [0.2, 0.25) is 5.89 Å². The van der Waals surface area contributed by atoms with Crippen molar-refractivity contribution in [3.63, 3.8) is 0 Å². The summed E-state index contributed by atoms with van der Waals surface area (Å²) in [5, 5.41) is 18.5. The molecule has 4 aromatic carbocycles. The van der Waals surface area contributed by atoms with Gasteiger partial charge in [0.25, 0.3) is 11.8 Å². The maximum Gasteiger partial charge on any atom is 0.277 e. The number of phenols is 1. The van der Waals surface area contributed by atoms with Crippen LogP contribution in [0.15, 0.2) is 123 Å². The lowest BCUT2D eigenvalue weighted by Gasteiger charge is -2.12. The van der Waals surface area contributed by atoms with Crippen LogP contribution in [0.1, 0.15) is 22.1 Å². The van der Waals surface area contributed by atoms with Gasteiger partial charge < -0.3 is 29.3 Å². The van der Waals surface area contributed by atoms with Crippen LogP contribution >= 0.6 is 0 Å². The van der Waals surface area contributed by atoms with Crippen molar-refractivity contribution in [2.45, 2.75) is 0 Å². The predicted octanol–water partition coefficient (Wildman–Crippen LogP) is 9.08. The summed E-state index contributed by atoms with van der Waals surface area (Å²) >= 11 is 0. The van der Waals surface area contributed by atoms with Crippen molar-refractivity contribution in [1.82, 2.24) is 15.0 Å². The number of aromatic hydroxyl groups is 1. The Morgan fingerprint density at radius 2 is 1.65 bits per heavy atom. The Hall–Kier alpha value is -7.15. The van der Waals surface area contributed by atoms with E-state index < -0.39 is 11.7 Å². The Morgan fingerprint density at radius 1 is 0.878 bits per heavy atom. The standard InChI is InChI=1S/C36H23FN6O6/c37-28-19-29-27(34(38-22-8-10-23(44)11-9-22)42-32(39-29)16-14-26-15-17-33(43-46)49-26)18-30(28)40-35(45)31-20-47-36(41-31)21-6-12-25(13-7-21)48-24-4-2-1-3-5-24/h1-20,44H,(H,40,45)(H,38,39,42)/b16-14+. The summed E-state index contributed by atoms with van der Waals surface area (Å²) in [6, 6.07) is 28.1. The molecule has 0 saturated heterocycles. The van der Waals surface area contributed by atoms with E-state index in [1.165, 1.54) is 48.7 Å². The Kier molecular flexibility index (Phi) is 8.28. The van der Waals surface area contributed by atoms with Gasteiger partial charge in [0, 0.05) is 33.9 Å². The molecule has 7 rings (SSSR count). The molecule has 0 aliphatic carbocycles. The lowest BCUT2D eigenvalue weighted by atomic mass is 10.1. The number of oxazole rings is 1. The lowest BCUT2D eigenvalue weighted by molar-refractivity contribution is 0.102. The van der Waals surface area contributed by atoms with E-state index in [1.54, 1.807) is 42.5 Å². The minimum Gasteiger partial charge on any atom is -0.508 e. The number of halogens is 1. The number of ether oxygens (including phenoxy) is 1. The van der Waals surface area contributed by atoms with Crippen molar-refractivity contribution >= 4 is 52.0 Å². The topological polar surface area (TPSA) is 165 Å². The fourth-order valence-electron chi connectivity index (χ4n) is 4.74. The van der Waals surface area contributed by atoms with E-state index in [0.29, 0.717) is 33.9 Å². The quantitative estimate of drug-likeness (QED) is 0.0956. The predicted molar refractivity (Wildman–Crippen MR) is 180 cm³/mol. The fourth-order valence-corrected chi connectivity index (χ4v) is 4.74. The Morgan fingerprint density at radius 3 is 2.41 bits per heavy atom. The second-order valence-corrected chi connectivity index (χ2v) is 10.5. The third-order valence-electron chi connectivity index (χ3n) is 7.10. The monoisotopic (exact) mass is 654 g/mol. The molecular formula is C36H23FN6O6. The van der Waals surface area contributed by atoms with Crippen molar-refractivity contribution in [3.8, 4) is 28.7 Å². The first-order valence-corrected chi connectivity index (χ1v) is 14.7. The van der Waals surface area contributed by atoms with Gasteiger partial charge in [0.15, 0.2) is 11.5 Å². The summed E-state index contributed by atoms with van der Waals surface area (Å²) in [4.78, 5) is 37.2. The van der Waals surface area contributed by atoms with Gasteiger partial charge in [-0.2, -0.15) is 0 Å². The van der Waals surface area contributed by atoms with Crippen molar-refractivity contribution in [2.75, 3.05) is 10.6 Å². The smallest absolute Gasteiger partial charge is 0.277 e. The van der Waals surface area contributed by atoms with E-state index in [0.717, 1.165) is 0 Å². The van der Waals surface area contributed by atoms with Gasteiger partial charge in [-0.1, -0.05) is 18.2 Å². The van der Waals surface area contributed by atoms with Crippen LogP contribution in [0.4, 0.5) is 27.5 Å². The zero-order valence-corrected chi connectivity index (χ0v) is 25.2. The Bertz CT molecular complexity index is 2320. The second kappa shape index (κ2) is 13.3. The van der Waals surface area contributed by atoms with Crippen LogP contribution in [0, 0.1) is 10.7 Å². The third-order valence-corrected chi connectivity index (χ3v) is 7.10. The van der Waals surface area contributed by atoms with Crippen LogP contribution in [0.25, 0.3) is 34.5 Å². The second-order valence-electron chi connectivity index (χ2n) is 10.5. The van der Waals surface area contributed by atoms with Crippen LogP contribution < -0.4 is 15.4 Å². The first kappa shape index (κ1) is 30.5. The number of carbonyl (C=O) groups is 1. The molecule has 13 heteroatoms. The molecule has 0 radical (unpaired) electrons. The number of nitrogens with one attached hydrogen (secondary N) is 2. The minimum absolute atomic E-state index is 0.0656. The van der Waals surface area contributed by atoms with Gasteiger partial charge in [-0.05, 0) is 84.9 Å². The van der Waals surface area contributed by atoms with Crippen LogP contribution in [0.2, 0.25) is 0 Å². The maximum atomic E-state index is 15.4. The molecule has 7 aromatic rings. The van der Waals surface area contributed by atoms with Gasteiger partial charge in [-0.25, -0.2) is 19.3 Å². The van der Waals surface area contributed by atoms with E-state index in [9.17, 15) is 14.8 Å². The number of carbonyl (C=O) groups excluding carboxylic acids is 1. The highest BCUT2D eigenvalue weighted by molar-refractivity contribution is 6.05. The van der Waals surface area contributed by atoms with Gasteiger partial charge in [-0.15, -0.1) is 4.91 Å². The Balaban J connectivity index is 1.14. The highest BCUT2D eigenvalue weighted by Gasteiger charge is 2.18. The lowest BCUT2D eigenvalue weighted by Crippen LogP contribution is -2.13. The molecule has 3 aromatic heterocycles. The number of benzene rings is 4. The maximum absolute atomic E-state index is 15.4. The normalized spacial score (nSPS) is 11.1. The molecule has 0 atom stereocenters. The van der Waals surface area contributed by atoms with Gasteiger partial charge in [-0.3, -0.25) is 4.79 Å². The summed E-state index contributed by atoms with van der Waals surface area (Å²) in [7, 11) is 0. The molecule has 0 saturated carbocycles. The fraction of sp³-hybridized carbons (Fsp3) is 0. The highest BCUT2D eigenvalue weighted by Crippen LogP contribution is 2.31. The van der Waals surface area contributed by atoms with Crippen molar-refractivity contribution in [1.29, 1.82) is 0 Å². The minimum atomic E-state index is -0.754. The molecule has 3 N–H and O–H groups in total. The first-order valence-electron chi connectivity index (χ1n) is 14.7. The number of phenolic OH excluding ortho intramolecular Hbond substituents is 1. The average molecular weight is 655 g/mol. The van der Waals surface area contributed by atoms with E-state index in [2.05, 4.69) is 30.8 Å². The first-order chi connectivity index (χ1) is 23.9. The van der Waals surface area contributed by atoms with Crippen LogP contribution in [0.5, 0.6) is 17.2 Å². The van der Waals surface area contributed by atoms with Crippen LogP contribution in [-0.4, -0.2) is 26.0 Å². The van der Waals surface area contributed by atoms with Crippen molar-refractivity contribution in [2.24, 2.45) is 5.18 Å². The summed E-state index contributed by atoms with van der Waals surface area (Å²) < 4.78 is 32.1. The number of anilines is 3. The van der Waals surface area contributed by atoms with Crippen LogP contribution in [-0.2, 0) is 0 Å². The number of hydrogen-bond donors (Lipinski definition) is 3. The molecule has 0 fully saturated rings. The number of para-hydroxylation sites is 1. The molecule has 3 heterocycles. The molecule has 0 bridgehead atoms. The van der Waals surface area contributed by atoms with E-state index >= 15 is 4.39 Å².